The van der Waals surface area contributed by atoms with Gasteiger partial charge in [0.15, 0.2) is 0 Å². The lowest BCUT2D eigenvalue weighted by Crippen LogP contribution is -2.27. The van der Waals surface area contributed by atoms with E-state index in [9.17, 15) is 0 Å². The molecule has 0 saturated heterocycles. The van der Waals surface area contributed by atoms with Crippen LogP contribution >= 0.6 is 0 Å². The highest BCUT2D eigenvalue weighted by Gasteiger charge is 2.59. The maximum atomic E-state index is 6.38. The minimum absolute atomic E-state index is 0.287. The monoisotopic (exact) mass is 167 g/mol. The van der Waals surface area contributed by atoms with Crippen molar-refractivity contribution in [3.8, 4) is 0 Å². The van der Waals surface area contributed by atoms with Gasteiger partial charge in [-0.2, -0.15) is 0 Å². The molecule has 2 aliphatic rings. The van der Waals surface area contributed by atoms with Crippen molar-refractivity contribution in [3.63, 3.8) is 0 Å². The van der Waals surface area contributed by atoms with Crippen LogP contribution in [-0.4, -0.2) is 5.54 Å². The van der Waals surface area contributed by atoms with Crippen LogP contribution in [0.2, 0.25) is 0 Å². The molecule has 0 heterocycles. The van der Waals surface area contributed by atoms with Crippen molar-refractivity contribution >= 4 is 0 Å². The van der Waals surface area contributed by atoms with E-state index in [0.717, 1.165) is 11.8 Å². The largest absolute Gasteiger partial charge is 0.325 e. The molecule has 0 amide bonds. The Labute approximate surface area is 75.7 Å². The minimum Gasteiger partial charge on any atom is -0.325 e. The third kappa shape index (κ3) is 1.19. The average molecular weight is 167 g/mol. The lowest BCUT2D eigenvalue weighted by Gasteiger charge is -2.14. The zero-order valence-corrected chi connectivity index (χ0v) is 8.18. The van der Waals surface area contributed by atoms with Crippen LogP contribution in [0, 0.1) is 11.8 Å². The Morgan fingerprint density at radius 1 is 1.25 bits per heavy atom. The Hall–Kier alpha value is -0.0400. The summed E-state index contributed by atoms with van der Waals surface area (Å²) in [6, 6.07) is 0. The second-order valence-corrected chi connectivity index (χ2v) is 4.69. The second-order valence-electron chi connectivity index (χ2n) is 4.69. The summed E-state index contributed by atoms with van der Waals surface area (Å²) < 4.78 is 0. The van der Waals surface area contributed by atoms with Crippen molar-refractivity contribution < 1.29 is 0 Å². The highest BCUT2D eigenvalue weighted by atomic mass is 14.9. The lowest BCUT2D eigenvalue weighted by molar-refractivity contribution is 0.439. The Morgan fingerprint density at radius 3 is 2.75 bits per heavy atom. The first kappa shape index (κ1) is 8.55. The van der Waals surface area contributed by atoms with E-state index in [4.69, 9.17) is 5.73 Å². The van der Waals surface area contributed by atoms with Gasteiger partial charge in [0.05, 0.1) is 0 Å². The molecule has 0 aliphatic heterocycles. The van der Waals surface area contributed by atoms with E-state index in [1.54, 1.807) is 0 Å². The summed E-state index contributed by atoms with van der Waals surface area (Å²) in [6.45, 7) is 2.30. The second kappa shape index (κ2) is 3.02. The van der Waals surface area contributed by atoms with Gasteiger partial charge < -0.3 is 5.73 Å². The fourth-order valence-electron chi connectivity index (χ4n) is 3.28. The van der Waals surface area contributed by atoms with Gasteiger partial charge in [0.25, 0.3) is 0 Å². The molecule has 2 aliphatic carbocycles. The van der Waals surface area contributed by atoms with Gasteiger partial charge in [-0.25, -0.2) is 0 Å². The average Bonchev–Trinajstić information content (AvgIpc) is 2.56. The predicted octanol–water partition coefficient (Wildman–Crippen LogP) is 2.69. The van der Waals surface area contributed by atoms with Crippen molar-refractivity contribution in [2.24, 2.45) is 17.6 Å². The maximum absolute atomic E-state index is 6.38. The highest BCUT2D eigenvalue weighted by Crippen LogP contribution is 2.56. The van der Waals surface area contributed by atoms with Crippen LogP contribution in [0.5, 0.6) is 0 Å². The topological polar surface area (TPSA) is 26.0 Å². The first-order valence-corrected chi connectivity index (χ1v) is 5.58. The number of rotatable bonds is 1. The van der Waals surface area contributed by atoms with Crippen LogP contribution in [0.4, 0.5) is 0 Å². The maximum Gasteiger partial charge on any atom is 0.0218 e. The van der Waals surface area contributed by atoms with Gasteiger partial charge in [0, 0.05) is 5.54 Å². The molecule has 2 rings (SSSR count). The van der Waals surface area contributed by atoms with E-state index in [-0.39, 0.29) is 5.54 Å². The van der Waals surface area contributed by atoms with E-state index in [0.29, 0.717) is 0 Å². The van der Waals surface area contributed by atoms with Crippen LogP contribution in [0.1, 0.15) is 51.9 Å². The molecule has 12 heavy (non-hydrogen) atoms. The Morgan fingerprint density at radius 2 is 2.00 bits per heavy atom. The SMILES string of the molecule is CC[C@@H]1C2CCCCCCC21N. The molecular weight excluding hydrogens is 146 g/mol. The van der Waals surface area contributed by atoms with Crippen LogP contribution in [0.25, 0.3) is 0 Å². The molecule has 2 unspecified atom stereocenters. The fourth-order valence-corrected chi connectivity index (χ4v) is 3.28. The number of hydrogen-bond donors (Lipinski definition) is 1. The zero-order chi connectivity index (χ0) is 8.60. The van der Waals surface area contributed by atoms with Crippen LogP contribution < -0.4 is 5.73 Å². The molecule has 0 spiro atoms. The number of fused-ring (bicyclic) bond motifs is 1. The molecular formula is C11H21N. The standard InChI is InChI=1S/C11H21N/c1-2-9-10-7-5-3-4-6-8-11(9,10)12/h9-10H,2-8,12H2,1H3/t9-,10?,11?/m1/s1. The summed E-state index contributed by atoms with van der Waals surface area (Å²) in [5.41, 5.74) is 6.66. The smallest absolute Gasteiger partial charge is 0.0218 e. The van der Waals surface area contributed by atoms with Gasteiger partial charge in [0.1, 0.15) is 0 Å². The van der Waals surface area contributed by atoms with E-state index < -0.39 is 0 Å². The fraction of sp³-hybridized carbons (Fsp3) is 1.00. The normalized spacial score (nSPS) is 47.5. The minimum atomic E-state index is 0.287. The lowest BCUT2D eigenvalue weighted by atomic mass is 9.97. The van der Waals surface area contributed by atoms with E-state index >= 15 is 0 Å². The summed E-state index contributed by atoms with van der Waals surface area (Å²) >= 11 is 0. The summed E-state index contributed by atoms with van der Waals surface area (Å²) in [4.78, 5) is 0. The van der Waals surface area contributed by atoms with Gasteiger partial charge in [-0.05, 0) is 24.7 Å². The van der Waals surface area contributed by atoms with Crippen molar-refractivity contribution in [2.45, 2.75) is 57.4 Å². The quantitative estimate of drug-likeness (QED) is 0.638. The van der Waals surface area contributed by atoms with Crippen molar-refractivity contribution in [2.75, 3.05) is 0 Å². The van der Waals surface area contributed by atoms with E-state index in [1.165, 1.54) is 44.9 Å². The van der Waals surface area contributed by atoms with Gasteiger partial charge >= 0.3 is 0 Å². The van der Waals surface area contributed by atoms with Crippen molar-refractivity contribution in [1.29, 1.82) is 0 Å². The molecule has 0 aromatic carbocycles. The summed E-state index contributed by atoms with van der Waals surface area (Å²) in [5, 5.41) is 0. The highest BCUT2D eigenvalue weighted by molar-refractivity contribution is 5.15. The van der Waals surface area contributed by atoms with Crippen molar-refractivity contribution in [1.82, 2.24) is 0 Å². The molecule has 2 N–H and O–H groups in total. The summed E-state index contributed by atoms with van der Waals surface area (Å²) in [6.07, 6.45) is 9.70. The van der Waals surface area contributed by atoms with Gasteiger partial charge in [-0.3, -0.25) is 0 Å². The number of nitrogens with two attached hydrogens (primary N) is 1. The van der Waals surface area contributed by atoms with Crippen LogP contribution in [0.15, 0.2) is 0 Å². The Balaban J connectivity index is 1.98. The molecule has 2 fully saturated rings. The third-order valence-electron chi connectivity index (χ3n) is 4.07. The predicted molar refractivity (Wildman–Crippen MR) is 51.9 cm³/mol. The van der Waals surface area contributed by atoms with Gasteiger partial charge in [0.2, 0.25) is 0 Å². The molecule has 0 bridgehead atoms. The molecule has 0 radical (unpaired) electrons. The first-order chi connectivity index (χ1) is 5.79. The van der Waals surface area contributed by atoms with Crippen molar-refractivity contribution in [3.05, 3.63) is 0 Å². The molecule has 3 atom stereocenters. The molecule has 1 nitrogen and oxygen atoms in total. The molecule has 1 heteroatoms. The van der Waals surface area contributed by atoms with E-state index in [2.05, 4.69) is 6.92 Å². The molecule has 2 saturated carbocycles. The molecule has 0 aromatic rings. The van der Waals surface area contributed by atoms with Crippen LogP contribution in [0.3, 0.4) is 0 Å². The molecule has 0 aromatic heterocycles. The zero-order valence-electron chi connectivity index (χ0n) is 8.18. The van der Waals surface area contributed by atoms with Gasteiger partial charge in [-0.15, -0.1) is 0 Å². The van der Waals surface area contributed by atoms with E-state index in [1.807, 2.05) is 0 Å². The Kier molecular flexibility index (Phi) is 2.16. The number of hydrogen-bond acceptors (Lipinski definition) is 1. The molecule has 70 valence electrons. The summed E-state index contributed by atoms with van der Waals surface area (Å²) in [5.74, 6) is 1.76. The summed E-state index contributed by atoms with van der Waals surface area (Å²) in [7, 11) is 0. The van der Waals surface area contributed by atoms with Gasteiger partial charge in [-0.1, -0.05) is 39.0 Å². The van der Waals surface area contributed by atoms with Crippen LogP contribution in [-0.2, 0) is 0 Å². The third-order valence-corrected chi connectivity index (χ3v) is 4.07. The first-order valence-electron chi connectivity index (χ1n) is 5.58. The Bertz CT molecular complexity index is 166.